The molecule has 2 aromatic rings. The second-order valence-electron chi connectivity index (χ2n) is 4.86. The Morgan fingerprint density at radius 1 is 1.48 bits per heavy atom. The lowest BCUT2D eigenvalue weighted by molar-refractivity contribution is 0.0799. The Bertz CT molecular complexity index is 639. The van der Waals surface area contributed by atoms with Gasteiger partial charge in [-0.2, -0.15) is 0 Å². The molecule has 21 heavy (non-hydrogen) atoms. The zero-order chi connectivity index (χ0) is 15.4. The number of hydrogen-bond donors (Lipinski definition) is 2. The monoisotopic (exact) mass is 307 g/mol. The van der Waals surface area contributed by atoms with Crippen molar-refractivity contribution >= 4 is 33.0 Å². The van der Waals surface area contributed by atoms with Crippen molar-refractivity contribution in [1.29, 1.82) is 0 Å². The maximum Gasteiger partial charge on any atom is 0.265 e. The van der Waals surface area contributed by atoms with Crippen LogP contribution >= 0.6 is 11.3 Å². The highest BCUT2D eigenvalue weighted by Gasteiger charge is 2.21. The summed E-state index contributed by atoms with van der Waals surface area (Å²) in [7, 11) is 5.31. The highest BCUT2D eigenvalue weighted by Crippen LogP contribution is 2.39. The van der Waals surface area contributed by atoms with Gasteiger partial charge in [0, 0.05) is 18.3 Å². The predicted octanol–water partition coefficient (Wildman–Crippen LogP) is 2.17. The van der Waals surface area contributed by atoms with E-state index in [4.69, 9.17) is 10.5 Å². The Labute approximate surface area is 128 Å². The molecule has 0 unspecified atom stereocenters. The summed E-state index contributed by atoms with van der Waals surface area (Å²) in [4.78, 5) is 14.8. The number of carbonyl (C=O) groups excluding carboxylic acids is 1. The van der Waals surface area contributed by atoms with E-state index in [0.717, 1.165) is 23.1 Å². The number of benzene rings is 1. The van der Waals surface area contributed by atoms with E-state index in [1.807, 2.05) is 25.2 Å². The van der Waals surface area contributed by atoms with Crippen molar-refractivity contribution < 1.29 is 9.53 Å². The normalized spacial score (nSPS) is 10.8. The van der Waals surface area contributed by atoms with Gasteiger partial charge in [0.2, 0.25) is 0 Å². The molecule has 1 aromatic heterocycles. The second kappa shape index (κ2) is 6.78. The molecule has 0 aliphatic heterocycles. The molecule has 2 rings (SSSR count). The molecule has 1 aromatic carbocycles. The molecule has 1 heterocycles. The number of rotatable bonds is 6. The van der Waals surface area contributed by atoms with Gasteiger partial charge >= 0.3 is 0 Å². The van der Waals surface area contributed by atoms with Crippen molar-refractivity contribution in [3.8, 4) is 5.75 Å². The number of methoxy groups -OCH3 is 1. The molecule has 0 saturated heterocycles. The highest BCUT2D eigenvalue weighted by atomic mass is 32.1. The molecular formula is C15H21N3O2S. The predicted molar refractivity (Wildman–Crippen MR) is 88.3 cm³/mol. The van der Waals surface area contributed by atoms with Crippen LogP contribution in [0.4, 0.5) is 5.69 Å². The van der Waals surface area contributed by atoms with Crippen molar-refractivity contribution in [1.82, 2.24) is 10.2 Å². The van der Waals surface area contributed by atoms with E-state index in [-0.39, 0.29) is 5.91 Å². The maximum absolute atomic E-state index is 12.5. The summed E-state index contributed by atoms with van der Waals surface area (Å²) in [5.41, 5.74) is 6.69. The average Bonchev–Trinajstić information content (AvgIpc) is 2.84. The van der Waals surface area contributed by atoms with Gasteiger partial charge in [0.15, 0.2) is 0 Å². The van der Waals surface area contributed by atoms with Crippen LogP contribution in [0.25, 0.3) is 10.1 Å². The molecule has 114 valence electrons. The van der Waals surface area contributed by atoms with E-state index in [2.05, 4.69) is 5.32 Å². The third-order valence-electron chi connectivity index (χ3n) is 3.40. The first kappa shape index (κ1) is 15.6. The quantitative estimate of drug-likeness (QED) is 0.803. The molecule has 0 fully saturated rings. The Balaban J connectivity index is 2.30. The van der Waals surface area contributed by atoms with Crippen molar-refractivity contribution in [3.63, 3.8) is 0 Å². The number of fused-ring (bicyclic) bond motifs is 1. The molecule has 6 heteroatoms. The molecular weight excluding hydrogens is 286 g/mol. The largest absolute Gasteiger partial charge is 0.496 e. The van der Waals surface area contributed by atoms with Crippen LogP contribution in [0.1, 0.15) is 16.1 Å². The Morgan fingerprint density at radius 3 is 2.90 bits per heavy atom. The summed E-state index contributed by atoms with van der Waals surface area (Å²) in [6.07, 6.45) is 0.910. The molecule has 0 bridgehead atoms. The van der Waals surface area contributed by atoms with E-state index in [1.54, 1.807) is 19.1 Å². The van der Waals surface area contributed by atoms with Crippen LogP contribution in [0.15, 0.2) is 18.2 Å². The topological polar surface area (TPSA) is 67.6 Å². The summed E-state index contributed by atoms with van der Waals surface area (Å²) in [6.45, 7) is 1.58. The van der Waals surface area contributed by atoms with Gasteiger partial charge in [-0.3, -0.25) is 4.79 Å². The van der Waals surface area contributed by atoms with Crippen molar-refractivity contribution in [2.24, 2.45) is 0 Å². The molecule has 0 atom stereocenters. The second-order valence-corrected chi connectivity index (χ2v) is 5.91. The van der Waals surface area contributed by atoms with Crippen LogP contribution in [-0.2, 0) is 0 Å². The summed E-state index contributed by atoms with van der Waals surface area (Å²) in [5.74, 6) is 0.671. The first-order valence-electron chi connectivity index (χ1n) is 6.85. The molecule has 1 amide bonds. The number of thiophene rings is 1. The van der Waals surface area contributed by atoms with Gasteiger partial charge in [-0.25, -0.2) is 0 Å². The summed E-state index contributed by atoms with van der Waals surface area (Å²) < 4.78 is 6.31. The lowest BCUT2D eigenvalue weighted by atomic mass is 10.2. The molecule has 5 nitrogen and oxygen atoms in total. The minimum absolute atomic E-state index is 0.0353. The summed E-state index contributed by atoms with van der Waals surface area (Å²) in [5, 5.41) is 3.90. The van der Waals surface area contributed by atoms with Gasteiger partial charge < -0.3 is 20.7 Å². The molecule has 3 N–H and O–H groups in total. The molecule has 0 aliphatic carbocycles. The average molecular weight is 307 g/mol. The van der Waals surface area contributed by atoms with Gasteiger partial charge in [0.05, 0.1) is 18.2 Å². The standard InChI is InChI=1S/C15H21N3O2S/c1-17-8-5-9-18(2)15(19)14-13(16)12-10(20-3)6-4-7-11(12)21-14/h4,6-7,17H,5,8-9,16H2,1-3H3. The fourth-order valence-electron chi connectivity index (χ4n) is 2.24. The van der Waals surface area contributed by atoms with E-state index in [9.17, 15) is 4.79 Å². The van der Waals surface area contributed by atoms with Gasteiger partial charge in [0.25, 0.3) is 5.91 Å². The number of nitrogen functional groups attached to an aromatic ring is 1. The van der Waals surface area contributed by atoms with Crippen molar-refractivity contribution in [2.75, 3.05) is 40.0 Å². The van der Waals surface area contributed by atoms with Crippen LogP contribution in [0.2, 0.25) is 0 Å². The number of nitrogens with zero attached hydrogens (tertiary/aromatic N) is 1. The van der Waals surface area contributed by atoms with E-state index >= 15 is 0 Å². The molecule has 0 saturated carbocycles. The van der Waals surface area contributed by atoms with Crippen LogP contribution < -0.4 is 15.8 Å². The number of nitrogens with one attached hydrogen (secondary N) is 1. The van der Waals surface area contributed by atoms with E-state index < -0.39 is 0 Å². The Morgan fingerprint density at radius 2 is 2.24 bits per heavy atom. The van der Waals surface area contributed by atoms with Crippen LogP contribution in [0, 0.1) is 0 Å². The third kappa shape index (κ3) is 3.11. The van der Waals surface area contributed by atoms with E-state index in [0.29, 0.717) is 22.9 Å². The molecule has 0 aliphatic rings. The van der Waals surface area contributed by atoms with Crippen molar-refractivity contribution in [2.45, 2.75) is 6.42 Å². The zero-order valence-electron chi connectivity index (χ0n) is 12.6. The Kier molecular flexibility index (Phi) is 5.03. The van der Waals surface area contributed by atoms with E-state index in [1.165, 1.54) is 11.3 Å². The minimum Gasteiger partial charge on any atom is -0.496 e. The SMILES string of the molecule is CNCCCN(C)C(=O)c1sc2cccc(OC)c2c1N. The van der Waals surface area contributed by atoms with Crippen LogP contribution in [-0.4, -0.2) is 45.1 Å². The fourth-order valence-corrected chi connectivity index (χ4v) is 3.37. The highest BCUT2D eigenvalue weighted by molar-refractivity contribution is 7.21. The smallest absolute Gasteiger partial charge is 0.265 e. The third-order valence-corrected chi connectivity index (χ3v) is 4.55. The summed E-state index contributed by atoms with van der Waals surface area (Å²) in [6, 6.07) is 5.72. The van der Waals surface area contributed by atoms with Crippen molar-refractivity contribution in [3.05, 3.63) is 23.1 Å². The lowest BCUT2D eigenvalue weighted by Gasteiger charge is -2.16. The maximum atomic E-state index is 12.5. The number of nitrogens with two attached hydrogens (primary N) is 1. The number of hydrogen-bond acceptors (Lipinski definition) is 5. The van der Waals surface area contributed by atoms with Crippen LogP contribution in [0.5, 0.6) is 5.75 Å². The van der Waals surface area contributed by atoms with Gasteiger partial charge in [-0.15, -0.1) is 11.3 Å². The first-order chi connectivity index (χ1) is 10.1. The van der Waals surface area contributed by atoms with Gasteiger partial charge in [0.1, 0.15) is 10.6 Å². The molecule has 0 radical (unpaired) electrons. The number of amides is 1. The first-order valence-corrected chi connectivity index (χ1v) is 7.66. The fraction of sp³-hybridized carbons (Fsp3) is 0.400. The zero-order valence-corrected chi connectivity index (χ0v) is 13.4. The van der Waals surface area contributed by atoms with Gasteiger partial charge in [-0.1, -0.05) is 6.07 Å². The number of carbonyl (C=O) groups is 1. The van der Waals surface area contributed by atoms with Gasteiger partial charge in [-0.05, 0) is 32.1 Å². The minimum atomic E-state index is -0.0353. The number of anilines is 1. The molecule has 0 spiro atoms. The number of ether oxygens (including phenoxy) is 1. The Hall–Kier alpha value is -1.79. The summed E-state index contributed by atoms with van der Waals surface area (Å²) >= 11 is 1.42. The van der Waals surface area contributed by atoms with Crippen LogP contribution in [0.3, 0.4) is 0 Å². The lowest BCUT2D eigenvalue weighted by Crippen LogP contribution is -2.29.